The normalized spacial score (nSPS) is 14.5. The van der Waals surface area contributed by atoms with E-state index < -0.39 is 17.1 Å². The van der Waals surface area contributed by atoms with E-state index in [-0.39, 0.29) is 23.9 Å². The summed E-state index contributed by atoms with van der Waals surface area (Å²) in [5.74, 6) is -0.767. The Bertz CT molecular complexity index is 1260. The maximum Gasteiger partial charge on any atom is 0.294 e. The molecule has 0 radical (unpaired) electrons. The number of amides is 3. The van der Waals surface area contributed by atoms with Crippen LogP contribution in [0, 0.1) is 9.39 Å². The van der Waals surface area contributed by atoms with Crippen molar-refractivity contribution >= 4 is 63.2 Å². The van der Waals surface area contributed by atoms with Gasteiger partial charge in [-0.3, -0.25) is 19.3 Å². The van der Waals surface area contributed by atoms with E-state index in [1.54, 1.807) is 60.7 Å². The molecule has 34 heavy (non-hydrogen) atoms. The maximum atomic E-state index is 13.7. The molecule has 3 aromatic rings. The lowest BCUT2D eigenvalue weighted by molar-refractivity contribution is -0.127. The summed E-state index contributed by atoms with van der Waals surface area (Å²) < 4.78 is 20.3. The molecule has 3 aromatic carbocycles. The summed E-state index contributed by atoms with van der Waals surface area (Å²) in [7, 11) is 0. The Balaban J connectivity index is 1.36. The lowest BCUT2D eigenvalue weighted by Crippen LogP contribution is -2.36. The number of rotatable bonds is 7. The van der Waals surface area contributed by atoms with Crippen molar-refractivity contribution in [3.63, 3.8) is 0 Å². The van der Waals surface area contributed by atoms with Crippen LogP contribution in [0.2, 0.25) is 0 Å². The fraction of sp³-hybridized carbons (Fsp3) is 0.0800. The number of imide groups is 1. The third-order valence-electron chi connectivity index (χ3n) is 4.83. The lowest BCUT2D eigenvalue weighted by atomic mass is 10.2. The van der Waals surface area contributed by atoms with Gasteiger partial charge in [-0.1, -0.05) is 30.3 Å². The topological polar surface area (TPSA) is 75.7 Å². The van der Waals surface area contributed by atoms with Gasteiger partial charge in [-0.2, -0.15) is 0 Å². The number of ether oxygens (including phenoxy) is 1. The van der Waals surface area contributed by atoms with Crippen LogP contribution in [0.1, 0.15) is 11.1 Å². The fourth-order valence-electron chi connectivity index (χ4n) is 3.10. The Labute approximate surface area is 213 Å². The van der Waals surface area contributed by atoms with Crippen LogP contribution in [-0.4, -0.2) is 28.5 Å². The molecule has 6 nitrogen and oxygen atoms in total. The maximum absolute atomic E-state index is 13.7. The molecule has 3 amide bonds. The summed E-state index contributed by atoms with van der Waals surface area (Å²) in [5.41, 5.74) is 1.73. The second-order valence-corrected chi connectivity index (χ2v) is 9.51. The Morgan fingerprint density at radius 2 is 1.74 bits per heavy atom. The van der Waals surface area contributed by atoms with E-state index in [0.717, 1.165) is 20.2 Å². The summed E-state index contributed by atoms with van der Waals surface area (Å²) in [6.07, 6.45) is 1.59. The van der Waals surface area contributed by atoms with Gasteiger partial charge in [0.25, 0.3) is 11.1 Å². The summed E-state index contributed by atoms with van der Waals surface area (Å²) in [6.45, 7) is -0.272. The second-order valence-electron chi connectivity index (χ2n) is 7.27. The van der Waals surface area contributed by atoms with Crippen LogP contribution in [0.25, 0.3) is 6.08 Å². The van der Waals surface area contributed by atoms with E-state index in [0.29, 0.717) is 22.6 Å². The van der Waals surface area contributed by atoms with Gasteiger partial charge in [0.2, 0.25) is 5.91 Å². The van der Waals surface area contributed by atoms with Crippen LogP contribution in [0.5, 0.6) is 5.75 Å². The van der Waals surface area contributed by atoms with Gasteiger partial charge in [0, 0.05) is 14.8 Å². The van der Waals surface area contributed by atoms with E-state index in [1.165, 1.54) is 6.07 Å². The van der Waals surface area contributed by atoms with E-state index in [2.05, 4.69) is 27.9 Å². The van der Waals surface area contributed by atoms with Gasteiger partial charge in [-0.05, 0) is 88.5 Å². The number of benzene rings is 3. The molecule has 1 saturated heterocycles. The molecule has 172 valence electrons. The number of thioether (sulfide) groups is 1. The van der Waals surface area contributed by atoms with E-state index >= 15 is 0 Å². The Kier molecular flexibility index (Phi) is 7.63. The average molecular weight is 588 g/mol. The van der Waals surface area contributed by atoms with E-state index in [9.17, 15) is 18.8 Å². The first-order valence-electron chi connectivity index (χ1n) is 10.2. The smallest absolute Gasteiger partial charge is 0.294 e. The van der Waals surface area contributed by atoms with Crippen molar-refractivity contribution < 1.29 is 23.5 Å². The summed E-state index contributed by atoms with van der Waals surface area (Å²) in [5, 5.41) is 2.18. The van der Waals surface area contributed by atoms with Gasteiger partial charge in [-0.15, -0.1) is 0 Å². The van der Waals surface area contributed by atoms with Crippen LogP contribution >= 0.6 is 34.4 Å². The minimum Gasteiger partial charge on any atom is -0.489 e. The lowest BCUT2D eigenvalue weighted by Gasteiger charge is -2.12. The average Bonchev–Trinajstić information content (AvgIpc) is 3.08. The van der Waals surface area contributed by atoms with Gasteiger partial charge >= 0.3 is 0 Å². The number of halogens is 2. The molecule has 0 bridgehead atoms. The van der Waals surface area contributed by atoms with E-state index in [1.807, 2.05) is 12.1 Å². The van der Waals surface area contributed by atoms with E-state index in [4.69, 9.17) is 4.74 Å². The number of anilines is 1. The number of carbonyl (C=O) groups is 3. The first-order chi connectivity index (χ1) is 16.4. The summed E-state index contributed by atoms with van der Waals surface area (Å²) in [4.78, 5) is 38.5. The summed E-state index contributed by atoms with van der Waals surface area (Å²) in [6, 6.07) is 20.4. The molecular formula is C25H18FIN2O4S. The molecule has 1 N–H and O–H groups in total. The van der Waals surface area contributed by atoms with Crippen LogP contribution in [0.15, 0.2) is 77.7 Å². The zero-order valence-electron chi connectivity index (χ0n) is 17.7. The standard InChI is InChI=1S/C25H18FIN2O4S/c26-21-4-2-1-3-17(21)15-33-20-11-5-16(6-12-20)13-22-24(31)29(25(32)34-22)14-23(30)28-19-9-7-18(27)8-10-19/h1-13H,14-15H2,(H,28,30)/b22-13+. The number of hydrogen-bond donors (Lipinski definition) is 1. The van der Waals surface area contributed by atoms with Crippen molar-refractivity contribution in [2.45, 2.75) is 6.61 Å². The molecule has 1 fully saturated rings. The second kappa shape index (κ2) is 10.8. The van der Waals surface area contributed by atoms with Crippen molar-refractivity contribution in [1.82, 2.24) is 4.90 Å². The van der Waals surface area contributed by atoms with Crippen molar-refractivity contribution in [3.05, 3.63) is 98.2 Å². The molecule has 0 saturated carbocycles. The first kappa shape index (κ1) is 24.0. The van der Waals surface area contributed by atoms with Gasteiger partial charge in [-0.25, -0.2) is 4.39 Å². The molecule has 4 rings (SSSR count). The van der Waals surface area contributed by atoms with Gasteiger partial charge in [0.15, 0.2) is 0 Å². The number of nitrogens with one attached hydrogen (secondary N) is 1. The highest BCUT2D eigenvalue weighted by Crippen LogP contribution is 2.32. The molecule has 9 heteroatoms. The highest BCUT2D eigenvalue weighted by atomic mass is 127. The molecule has 1 aliphatic rings. The quantitative estimate of drug-likeness (QED) is 0.284. The largest absolute Gasteiger partial charge is 0.489 e. The highest BCUT2D eigenvalue weighted by Gasteiger charge is 2.36. The Morgan fingerprint density at radius 1 is 1.03 bits per heavy atom. The third kappa shape index (κ3) is 6.03. The zero-order valence-corrected chi connectivity index (χ0v) is 20.6. The van der Waals surface area contributed by atoms with Crippen molar-refractivity contribution in [1.29, 1.82) is 0 Å². The van der Waals surface area contributed by atoms with Crippen LogP contribution < -0.4 is 10.1 Å². The minimum atomic E-state index is -0.521. The van der Waals surface area contributed by atoms with Crippen LogP contribution in [0.3, 0.4) is 0 Å². The van der Waals surface area contributed by atoms with Crippen LogP contribution in [0.4, 0.5) is 14.9 Å². The van der Waals surface area contributed by atoms with Gasteiger partial charge in [0.1, 0.15) is 24.7 Å². The molecule has 0 unspecified atom stereocenters. The first-order valence-corrected chi connectivity index (χ1v) is 12.1. The molecule has 0 atom stereocenters. The molecule has 1 aliphatic heterocycles. The number of nitrogens with zero attached hydrogens (tertiary/aromatic N) is 1. The third-order valence-corrected chi connectivity index (χ3v) is 6.46. The number of carbonyl (C=O) groups excluding carboxylic acids is 3. The molecule has 0 spiro atoms. The van der Waals surface area contributed by atoms with Crippen molar-refractivity contribution in [2.24, 2.45) is 0 Å². The molecule has 0 aliphatic carbocycles. The molecule has 0 aromatic heterocycles. The zero-order chi connectivity index (χ0) is 24.1. The number of hydrogen-bond acceptors (Lipinski definition) is 5. The SMILES string of the molecule is O=C(CN1C(=O)S/C(=C/c2ccc(OCc3ccccc3F)cc2)C1=O)Nc1ccc(I)cc1. The molecule has 1 heterocycles. The predicted molar refractivity (Wildman–Crippen MR) is 138 cm³/mol. The highest BCUT2D eigenvalue weighted by molar-refractivity contribution is 14.1. The fourth-order valence-corrected chi connectivity index (χ4v) is 4.30. The Morgan fingerprint density at radius 3 is 2.44 bits per heavy atom. The van der Waals surface area contributed by atoms with Gasteiger partial charge in [0.05, 0.1) is 4.91 Å². The molecular weight excluding hydrogens is 570 g/mol. The minimum absolute atomic E-state index is 0.0924. The summed E-state index contributed by atoms with van der Waals surface area (Å²) >= 11 is 2.94. The predicted octanol–water partition coefficient (Wildman–Crippen LogP) is 5.68. The van der Waals surface area contributed by atoms with Gasteiger partial charge < -0.3 is 10.1 Å². The van der Waals surface area contributed by atoms with Crippen molar-refractivity contribution in [3.8, 4) is 5.75 Å². The monoisotopic (exact) mass is 588 g/mol. The Hall–Kier alpha value is -3.18. The van der Waals surface area contributed by atoms with Crippen molar-refractivity contribution in [2.75, 3.05) is 11.9 Å². The van der Waals surface area contributed by atoms with Crippen LogP contribution in [-0.2, 0) is 16.2 Å².